The van der Waals surface area contributed by atoms with E-state index in [9.17, 15) is 9.90 Å². The fourth-order valence-corrected chi connectivity index (χ4v) is 4.51. The summed E-state index contributed by atoms with van der Waals surface area (Å²) < 4.78 is 14.2. The summed E-state index contributed by atoms with van der Waals surface area (Å²) in [5.74, 6) is 0.659. The van der Waals surface area contributed by atoms with E-state index in [-0.39, 0.29) is 6.42 Å². The number of aliphatic carboxylic acids is 1. The Morgan fingerprint density at radius 2 is 1.74 bits per heavy atom. The number of unbranched alkanes of at least 4 members (excludes halogenated alkanes) is 1. The number of halogens is 1. The van der Waals surface area contributed by atoms with Gasteiger partial charge < -0.3 is 14.6 Å². The predicted molar refractivity (Wildman–Crippen MR) is 151 cm³/mol. The van der Waals surface area contributed by atoms with Gasteiger partial charge in [0.1, 0.15) is 18.1 Å². The van der Waals surface area contributed by atoms with Gasteiger partial charge in [-0.1, -0.05) is 55.3 Å². The van der Waals surface area contributed by atoms with Crippen molar-refractivity contribution in [2.45, 2.75) is 52.7 Å². The van der Waals surface area contributed by atoms with Crippen molar-refractivity contribution in [2.24, 2.45) is 0 Å². The Balaban J connectivity index is 1.77. The third-order valence-electron chi connectivity index (χ3n) is 6.20. The van der Waals surface area contributed by atoms with Crippen LogP contribution in [0.5, 0.6) is 11.5 Å². The average molecular weight is 533 g/mol. The number of hydrogen-bond acceptors (Lipinski definition) is 4. The number of ether oxygens (including phenoxy) is 2. The Hall–Kier alpha value is -3.77. The molecule has 0 aliphatic rings. The molecule has 0 bridgehead atoms. The molecule has 6 nitrogen and oxygen atoms in total. The second kappa shape index (κ2) is 13.2. The molecular formula is C31H33ClN2O4. The molecule has 7 heteroatoms. The number of aromatic nitrogens is 2. The molecule has 0 saturated heterocycles. The van der Waals surface area contributed by atoms with Gasteiger partial charge in [0, 0.05) is 29.1 Å². The van der Waals surface area contributed by atoms with Crippen molar-refractivity contribution in [3.05, 3.63) is 88.9 Å². The summed E-state index contributed by atoms with van der Waals surface area (Å²) in [7, 11) is 0. The lowest BCUT2D eigenvalue weighted by Crippen LogP contribution is -2.04. The summed E-state index contributed by atoms with van der Waals surface area (Å²) in [4.78, 5) is 11.2. The SMILES string of the molecule is CCCCn1nc(-c2cc(CCC(=O)O)ccc2OCc2cccc(Cl)c2)cc1-c1ccccc1OCC. The van der Waals surface area contributed by atoms with Gasteiger partial charge in [-0.2, -0.15) is 5.10 Å². The molecule has 0 fully saturated rings. The molecule has 0 spiro atoms. The standard InChI is InChI=1S/C31H33ClN2O4/c1-3-5-17-34-28(25-11-6-7-12-29(25)37-4-2)20-27(33-34)26-19-22(14-16-31(35)36)13-15-30(26)38-21-23-9-8-10-24(32)18-23/h6-13,15,18-20H,3-5,14,16-17,21H2,1-2H3,(H,35,36). The summed E-state index contributed by atoms with van der Waals surface area (Å²) in [6, 6.07) is 23.4. The minimum atomic E-state index is -0.827. The van der Waals surface area contributed by atoms with E-state index in [1.807, 2.05) is 78.3 Å². The van der Waals surface area contributed by atoms with Gasteiger partial charge in [0.15, 0.2) is 0 Å². The lowest BCUT2D eigenvalue weighted by Gasteiger charge is -2.12. The number of benzene rings is 3. The maximum Gasteiger partial charge on any atom is 0.303 e. The van der Waals surface area contributed by atoms with E-state index in [2.05, 4.69) is 13.0 Å². The molecule has 1 N–H and O–H groups in total. The zero-order chi connectivity index (χ0) is 26.9. The van der Waals surface area contributed by atoms with E-state index in [1.54, 1.807) is 0 Å². The summed E-state index contributed by atoms with van der Waals surface area (Å²) in [5.41, 5.74) is 5.40. The molecule has 0 radical (unpaired) electrons. The number of aryl methyl sites for hydroxylation is 2. The fraction of sp³-hybridized carbons (Fsp3) is 0.290. The highest BCUT2D eigenvalue weighted by Crippen LogP contribution is 2.37. The summed E-state index contributed by atoms with van der Waals surface area (Å²) in [5, 5.41) is 14.9. The minimum Gasteiger partial charge on any atom is -0.493 e. The topological polar surface area (TPSA) is 73.6 Å². The molecule has 4 rings (SSSR count). The van der Waals surface area contributed by atoms with Crippen molar-refractivity contribution >= 4 is 17.6 Å². The Labute approximate surface area is 228 Å². The highest BCUT2D eigenvalue weighted by molar-refractivity contribution is 6.30. The van der Waals surface area contributed by atoms with Crippen LogP contribution in [0.3, 0.4) is 0 Å². The van der Waals surface area contributed by atoms with Crippen LogP contribution >= 0.6 is 11.6 Å². The molecule has 0 amide bonds. The molecule has 0 atom stereocenters. The third kappa shape index (κ3) is 6.95. The van der Waals surface area contributed by atoms with Gasteiger partial charge in [-0.15, -0.1) is 0 Å². The minimum absolute atomic E-state index is 0.0556. The number of rotatable bonds is 13. The van der Waals surface area contributed by atoms with Gasteiger partial charge in [0.05, 0.1) is 18.0 Å². The Morgan fingerprint density at radius 3 is 2.50 bits per heavy atom. The number of carboxylic acids is 1. The monoisotopic (exact) mass is 532 g/mol. The second-order valence-corrected chi connectivity index (χ2v) is 9.50. The zero-order valence-electron chi connectivity index (χ0n) is 21.8. The van der Waals surface area contributed by atoms with E-state index >= 15 is 0 Å². The number of para-hydroxylation sites is 1. The van der Waals surface area contributed by atoms with Crippen LogP contribution in [-0.2, 0) is 24.4 Å². The predicted octanol–water partition coefficient (Wildman–Crippen LogP) is 7.67. The second-order valence-electron chi connectivity index (χ2n) is 9.06. The van der Waals surface area contributed by atoms with E-state index in [1.165, 1.54) is 0 Å². The maximum absolute atomic E-state index is 11.2. The van der Waals surface area contributed by atoms with Gasteiger partial charge in [-0.05, 0) is 73.4 Å². The van der Waals surface area contributed by atoms with Crippen LogP contribution in [0, 0.1) is 0 Å². The molecule has 0 aliphatic carbocycles. The third-order valence-corrected chi connectivity index (χ3v) is 6.43. The Morgan fingerprint density at radius 1 is 0.921 bits per heavy atom. The highest BCUT2D eigenvalue weighted by atomic mass is 35.5. The summed E-state index contributed by atoms with van der Waals surface area (Å²) >= 11 is 6.16. The molecular weight excluding hydrogens is 500 g/mol. The quantitative estimate of drug-likeness (QED) is 0.191. The van der Waals surface area contributed by atoms with Gasteiger partial charge in [0.25, 0.3) is 0 Å². The average Bonchev–Trinajstić information content (AvgIpc) is 3.34. The number of hydrogen-bond donors (Lipinski definition) is 1. The van der Waals surface area contributed by atoms with Crippen LogP contribution in [0.1, 0.15) is 44.2 Å². The molecule has 38 heavy (non-hydrogen) atoms. The number of carbonyl (C=O) groups is 1. The first-order chi connectivity index (χ1) is 18.5. The molecule has 3 aromatic carbocycles. The molecule has 1 heterocycles. The van der Waals surface area contributed by atoms with Crippen molar-refractivity contribution in [1.82, 2.24) is 9.78 Å². The van der Waals surface area contributed by atoms with Gasteiger partial charge in [-0.3, -0.25) is 9.48 Å². The van der Waals surface area contributed by atoms with Crippen LogP contribution in [0.15, 0.2) is 72.8 Å². The van der Waals surface area contributed by atoms with Crippen LogP contribution < -0.4 is 9.47 Å². The van der Waals surface area contributed by atoms with Crippen molar-refractivity contribution in [1.29, 1.82) is 0 Å². The van der Waals surface area contributed by atoms with E-state index in [0.29, 0.717) is 30.4 Å². The van der Waals surface area contributed by atoms with Crippen LogP contribution in [0.25, 0.3) is 22.5 Å². The molecule has 0 saturated carbocycles. The van der Waals surface area contributed by atoms with Crippen molar-refractivity contribution in [3.8, 4) is 34.0 Å². The van der Waals surface area contributed by atoms with Crippen LogP contribution in [0.4, 0.5) is 0 Å². The number of nitrogens with zero attached hydrogens (tertiary/aromatic N) is 2. The Kier molecular flexibility index (Phi) is 9.44. The summed E-state index contributed by atoms with van der Waals surface area (Å²) in [6.45, 7) is 5.82. The van der Waals surface area contributed by atoms with E-state index < -0.39 is 5.97 Å². The molecule has 0 aliphatic heterocycles. The van der Waals surface area contributed by atoms with E-state index in [0.717, 1.165) is 58.8 Å². The highest BCUT2D eigenvalue weighted by Gasteiger charge is 2.18. The lowest BCUT2D eigenvalue weighted by molar-refractivity contribution is -0.136. The fourth-order valence-electron chi connectivity index (χ4n) is 4.30. The van der Waals surface area contributed by atoms with Gasteiger partial charge in [-0.25, -0.2) is 0 Å². The Bertz CT molecular complexity index is 1380. The summed E-state index contributed by atoms with van der Waals surface area (Å²) in [6.07, 6.45) is 2.51. The molecule has 1 aromatic heterocycles. The van der Waals surface area contributed by atoms with Gasteiger partial charge >= 0.3 is 5.97 Å². The van der Waals surface area contributed by atoms with Gasteiger partial charge in [0.2, 0.25) is 0 Å². The smallest absolute Gasteiger partial charge is 0.303 e. The first-order valence-corrected chi connectivity index (χ1v) is 13.4. The first kappa shape index (κ1) is 27.3. The molecule has 198 valence electrons. The maximum atomic E-state index is 11.2. The van der Waals surface area contributed by atoms with Crippen LogP contribution in [0.2, 0.25) is 5.02 Å². The molecule has 0 unspecified atom stereocenters. The van der Waals surface area contributed by atoms with Crippen molar-refractivity contribution in [2.75, 3.05) is 6.61 Å². The van der Waals surface area contributed by atoms with Crippen LogP contribution in [-0.4, -0.2) is 27.5 Å². The largest absolute Gasteiger partial charge is 0.493 e. The first-order valence-electron chi connectivity index (χ1n) is 13.0. The number of carboxylic acid groups (broad SMARTS) is 1. The van der Waals surface area contributed by atoms with E-state index in [4.69, 9.17) is 26.2 Å². The normalized spacial score (nSPS) is 10.9. The lowest BCUT2D eigenvalue weighted by atomic mass is 10.0. The molecule has 4 aromatic rings. The van der Waals surface area contributed by atoms with Crippen molar-refractivity contribution < 1.29 is 19.4 Å². The van der Waals surface area contributed by atoms with Crippen molar-refractivity contribution in [3.63, 3.8) is 0 Å². The zero-order valence-corrected chi connectivity index (χ0v) is 22.6.